The highest BCUT2D eigenvalue weighted by Gasteiger charge is 2.26. The Morgan fingerprint density at radius 2 is 1.62 bits per heavy atom. The summed E-state index contributed by atoms with van der Waals surface area (Å²) in [6.45, 7) is 3.82. The molecule has 2 aromatic carbocycles. The minimum absolute atomic E-state index is 0.285. The molecule has 0 amide bonds. The highest BCUT2D eigenvalue weighted by molar-refractivity contribution is 6.54. The molecule has 0 radical (unpaired) electrons. The van der Waals surface area contributed by atoms with Crippen LogP contribution in [0.2, 0.25) is 6.04 Å². The Morgan fingerprint density at radius 1 is 1.08 bits per heavy atom. The first-order valence-corrected chi connectivity index (χ1v) is 10.1. The molecule has 0 aliphatic rings. The van der Waals surface area contributed by atoms with Gasteiger partial charge in [0.1, 0.15) is 0 Å². The van der Waals surface area contributed by atoms with Gasteiger partial charge in [-0.05, 0) is 23.6 Å². The maximum absolute atomic E-state index is 11.1. The van der Waals surface area contributed by atoms with E-state index in [1.165, 1.54) is 17.2 Å². The fourth-order valence-corrected chi connectivity index (χ4v) is 5.59. The first-order valence-electron chi connectivity index (χ1n) is 8.18. The van der Waals surface area contributed by atoms with Gasteiger partial charge >= 0.3 is 5.97 Å². The summed E-state index contributed by atoms with van der Waals surface area (Å²) < 4.78 is 11.0. The van der Waals surface area contributed by atoms with E-state index < -0.39 is 9.04 Å². The maximum atomic E-state index is 11.1. The normalized spacial score (nSPS) is 11.9. The van der Waals surface area contributed by atoms with Crippen molar-refractivity contribution in [3.05, 3.63) is 84.4 Å². The number of esters is 1. The lowest BCUT2D eigenvalue weighted by Crippen LogP contribution is -2.27. The van der Waals surface area contributed by atoms with E-state index in [0.717, 1.165) is 12.5 Å². The summed E-state index contributed by atoms with van der Waals surface area (Å²) in [6, 6.07) is 21.9. The lowest BCUT2D eigenvalue weighted by Gasteiger charge is -2.25. The van der Waals surface area contributed by atoms with E-state index in [2.05, 4.69) is 55.1 Å². The van der Waals surface area contributed by atoms with Gasteiger partial charge in [0.05, 0.1) is 6.61 Å². The van der Waals surface area contributed by atoms with E-state index in [1.54, 1.807) is 7.11 Å². The van der Waals surface area contributed by atoms with Crippen LogP contribution in [0, 0.1) is 0 Å². The van der Waals surface area contributed by atoms with Gasteiger partial charge in [-0.25, -0.2) is 4.79 Å². The maximum Gasteiger partial charge on any atom is 0.330 e. The topological polar surface area (TPSA) is 35.5 Å². The molecule has 0 saturated carbocycles. The van der Waals surface area contributed by atoms with E-state index >= 15 is 0 Å². The molecule has 24 heavy (non-hydrogen) atoms. The highest BCUT2D eigenvalue weighted by atomic mass is 28.3. The average molecular weight is 340 g/mol. The third-order valence-corrected chi connectivity index (χ3v) is 7.13. The van der Waals surface area contributed by atoms with E-state index in [0.29, 0.717) is 6.61 Å². The monoisotopic (exact) mass is 340 g/mol. The smallest absolute Gasteiger partial charge is 0.330 e. The van der Waals surface area contributed by atoms with Crippen molar-refractivity contribution < 1.29 is 14.0 Å². The lowest BCUT2D eigenvalue weighted by atomic mass is 10.0. The Hall–Kier alpha value is -2.17. The van der Waals surface area contributed by atoms with Gasteiger partial charge in [-0.3, -0.25) is 0 Å². The van der Waals surface area contributed by atoms with Crippen molar-refractivity contribution in [2.75, 3.05) is 13.7 Å². The van der Waals surface area contributed by atoms with Crippen molar-refractivity contribution >= 4 is 15.0 Å². The van der Waals surface area contributed by atoms with E-state index in [9.17, 15) is 4.79 Å². The Morgan fingerprint density at radius 3 is 2.08 bits per heavy atom. The number of carbonyl (C=O) groups is 1. The van der Waals surface area contributed by atoms with E-state index in [1.807, 2.05) is 12.1 Å². The second kappa shape index (κ2) is 9.85. The molecule has 0 heterocycles. The van der Waals surface area contributed by atoms with Crippen molar-refractivity contribution in [1.29, 1.82) is 0 Å². The van der Waals surface area contributed by atoms with Gasteiger partial charge < -0.3 is 9.16 Å². The number of benzene rings is 2. The predicted molar refractivity (Wildman–Crippen MR) is 99.5 cm³/mol. The molecule has 1 atom stereocenters. The fourth-order valence-electron chi connectivity index (χ4n) is 2.88. The number of rotatable bonds is 9. The second-order valence-electron chi connectivity index (χ2n) is 5.59. The van der Waals surface area contributed by atoms with Gasteiger partial charge in [0, 0.05) is 18.7 Å². The molecule has 2 rings (SSSR count). The minimum atomic E-state index is -1.57. The molecule has 0 fully saturated rings. The van der Waals surface area contributed by atoms with Crippen LogP contribution in [0.3, 0.4) is 0 Å². The van der Waals surface area contributed by atoms with E-state index in [-0.39, 0.29) is 11.5 Å². The first-order chi connectivity index (χ1) is 11.8. The van der Waals surface area contributed by atoms with Crippen LogP contribution in [0.25, 0.3) is 0 Å². The SMILES string of the molecule is C=CC(=O)OCCC[SiH](OC)C(c1ccccc1)c1ccccc1. The lowest BCUT2D eigenvalue weighted by molar-refractivity contribution is -0.137. The molecular formula is C20H24O3Si. The van der Waals surface area contributed by atoms with Gasteiger partial charge in [0.25, 0.3) is 0 Å². The third kappa shape index (κ3) is 5.18. The van der Waals surface area contributed by atoms with Crippen LogP contribution in [0.15, 0.2) is 73.3 Å². The van der Waals surface area contributed by atoms with Gasteiger partial charge in [0.2, 0.25) is 0 Å². The summed E-state index contributed by atoms with van der Waals surface area (Å²) in [4.78, 5) is 11.1. The quantitative estimate of drug-likeness (QED) is 0.301. The summed E-state index contributed by atoms with van der Waals surface area (Å²) in [6.07, 6.45) is 2.00. The Bertz CT molecular complexity index is 588. The van der Waals surface area contributed by atoms with Crippen LogP contribution in [-0.2, 0) is 14.0 Å². The Labute approximate surface area is 145 Å². The van der Waals surface area contributed by atoms with E-state index in [4.69, 9.17) is 9.16 Å². The van der Waals surface area contributed by atoms with Crippen molar-refractivity contribution in [3.63, 3.8) is 0 Å². The van der Waals surface area contributed by atoms with Gasteiger partial charge in [-0.15, -0.1) is 0 Å². The number of hydrogen-bond acceptors (Lipinski definition) is 3. The molecule has 0 aromatic heterocycles. The molecule has 126 valence electrons. The number of carbonyl (C=O) groups excluding carboxylic acids is 1. The van der Waals surface area contributed by atoms with Crippen LogP contribution in [0.4, 0.5) is 0 Å². The molecule has 0 bridgehead atoms. The summed E-state index contributed by atoms with van der Waals surface area (Å²) >= 11 is 0. The molecule has 0 aliphatic heterocycles. The van der Waals surface area contributed by atoms with Crippen LogP contribution in [-0.4, -0.2) is 28.7 Å². The minimum Gasteiger partial charge on any atom is -0.463 e. The molecule has 0 spiro atoms. The summed E-state index contributed by atoms with van der Waals surface area (Å²) in [5.74, 6) is -0.367. The summed E-state index contributed by atoms with van der Waals surface area (Å²) in [7, 11) is 0.227. The zero-order valence-corrected chi connectivity index (χ0v) is 15.2. The zero-order valence-electron chi connectivity index (χ0n) is 14.1. The zero-order chi connectivity index (χ0) is 17.2. The molecule has 3 nitrogen and oxygen atoms in total. The molecule has 4 heteroatoms. The Balaban J connectivity index is 2.12. The van der Waals surface area contributed by atoms with Gasteiger partial charge in [0.15, 0.2) is 9.04 Å². The molecule has 0 saturated heterocycles. The van der Waals surface area contributed by atoms with Crippen molar-refractivity contribution in [1.82, 2.24) is 0 Å². The molecular weight excluding hydrogens is 316 g/mol. The van der Waals surface area contributed by atoms with Crippen LogP contribution in [0.5, 0.6) is 0 Å². The van der Waals surface area contributed by atoms with Crippen molar-refractivity contribution in [3.8, 4) is 0 Å². The van der Waals surface area contributed by atoms with Crippen LogP contribution < -0.4 is 0 Å². The standard InChI is InChI=1S/C20H24O3Si/c1-3-19(21)23-15-10-16-24(22-2)20(17-11-6-4-7-12-17)18-13-8-5-9-14-18/h3-9,11-14,20,24H,1,10,15-16H2,2H3. The second-order valence-corrected chi connectivity index (χ2v) is 8.38. The fraction of sp³-hybridized carbons (Fsp3) is 0.250. The summed E-state index contributed by atoms with van der Waals surface area (Å²) in [5, 5.41) is 0. The number of ether oxygens (including phenoxy) is 1. The van der Waals surface area contributed by atoms with Gasteiger partial charge in [-0.1, -0.05) is 67.2 Å². The largest absolute Gasteiger partial charge is 0.463 e. The average Bonchev–Trinajstić information content (AvgIpc) is 2.65. The number of hydrogen-bond donors (Lipinski definition) is 0. The molecule has 0 aliphatic carbocycles. The van der Waals surface area contributed by atoms with Crippen LogP contribution >= 0.6 is 0 Å². The predicted octanol–water partition coefficient (Wildman–Crippen LogP) is 3.85. The summed E-state index contributed by atoms with van der Waals surface area (Å²) in [5.41, 5.74) is 2.85. The Kier molecular flexibility index (Phi) is 7.46. The van der Waals surface area contributed by atoms with Gasteiger partial charge in [-0.2, -0.15) is 0 Å². The molecule has 0 N–H and O–H groups in total. The van der Waals surface area contributed by atoms with Crippen molar-refractivity contribution in [2.24, 2.45) is 0 Å². The van der Waals surface area contributed by atoms with Crippen molar-refractivity contribution in [2.45, 2.75) is 18.0 Å². The van der Waals surface area contributed by atoms with Crippen LogP contribution in [0.1, 0.15) is 23.1 Å². The third-order valence-electron chi connectivity index (χ3n) is 4.04. The highest BCUT2D eigenvalue weighted by Crippen LogP contribution is 2.29. The molecule has 2 aromatic rings. The first kappa shape index (κ1) is 18.2. The molecule has 1 unspecified atom stereocenters.